The highest BCUT2D eigenvalue weighted by atomic mass is 35.5. The zero-order chi connectivity index (χ0) is 17.8. The summed E-state index contributed by atoms with van der Waals surface area (Å²) in [4.78, 5) is 22.8. The molecule has 0 aromatic heterocycles. The van der Waals surface area contributed by atoms with E-state index in [-0.39, 0.29) is 35.4 Å². The van der Waals surface area contributed by atoms with Crippen LogP contribution in [0.25, 0.3) is 0 Å². The third-order valence-corrected chi connectivity index (χ3v) is 4.97. The number of amides is 2. The predicted molar refractivity (Wildman–Crippen MR) is 104 cm³/mol. The van der Waals surface area contributed by atoms with Gasteiger partial charge in [0.2, 0.25) is 5.91 Å². The van der Waals surface area contributed by atoms with Crippen LogP contribution in [0, 0.1) is 0 Å². The molecule has 138 valence electrons. The van der Waals surface area contributed by atoms with Gasteiger partial charge in [-0.2, -0.15) is 0 Å². The van der Waals surface area contributed by atoms with E-state index in [9.17, 15) is 14.7 Å². The Bertz CT molecular complexity index is 785. The zero-order valence-electron chi connectivity index (χ0n) is 13.6. The van der Waals surface area contributed by atoms with E-state index in [1.807, 2.05) is 12.1 Å². The number of hydrogen-bond acceptors (Lipinski definition) is 5. The van der Waals surface area contributed by atoms with Crippen LogP contribution in [0.4, 0.5) is 4.79 Å². The smallest absolute Gasteiger partial charge is 0.286 e. The third-order valence-electron chi connectivity index (χ3n) is 3.75. The Balaban J connectivity index is 0.00000243. The molecular formula is C18H17Cl2NO4S. The van der Waals surface area contributed by atoms with Crippen LogP contribution >= 0.6 is 35.8 Å². The van der Waals surface area contributed by atoms with Crippen LogP contribution in [0.15, 0.2) is 48.5 Å². The second-order valence-electron chi connectivity index (χ2n) is 5.61. The van der Waals surface area contributed by atoms with Gasteiger partial charge < -0.3 is 9.84 Å². The summed E-state index contributed by atoms with van der Waals surface area (Å²) in [6.07, 6.45) is -0.295. The minimum Gasteiger partial charge on any atom is -0.491 e. The SMILES string of the molecule is Cl.O=C1NC(=O)C(Cc2ccc(OC[C@@H](O)c3cccc(Cl)c3)cc2)S1. The van der Waals surface area contributed by atoms with Gasteiger partial charge in [0.15, 0.2) is 0 Å². The summed E-state index contributed by atoms with van der Waals surface area (Å²) in [5.74, 6) is 0.365. The number of imide groups is 1. The van der Waals surface area contributed by atoms with Crippen molar-refractivity contribution in [3.8, 4) is 5.75 Å². The zero-order valence-corrected chi connectivity index (χ0v) is 15.9. The molecular weight excluding hydrogens is 397 g/mol. The number of aliphatic hydroxyl groups excluding tert-OH is 1. The first-order valence-electron chi connectivity index (χ1n) is 7.68. The maximum atomic E-state index is 11.6. The second kappa shape index (κ2) is 9.28. The van der Waals surface area contributed by atoms with Gasteiger partial charge in [-0.1, -0.05) is 47.6 Å². The second-order valence-corrected chi connectivity index (χ2v) is 7.23. The number of aliphatic hydroxyl groups is 1. The first kappa shape index (κ1) is 20.6. The first-order valence-corrected chi connectivity index (χ1v) is 8.94. The average molecular weight is 414 g/mol. The van der Waals surface area contributed by atoms with Gasteiger partial charge in [-0.25, -0.2) is 0 Å². The Kier molecular flexibility index (Phi) is 7.34. The number of ether oxygens (including phenoxy) is 1. The van der Waals surface area contributed by atoms with Crippen molar-refractivity contribution in [1.29, 1.82) is 0 Å². The van der Waals surface area contributed by atoms with Crippen LogP contribution in [0.2, 0.25) is 5.02 Å². The summed E-state index contributed by atoms with van der Waals surface area (Å²) in [6, 6.07) is 14.2. The topological polar surface area (TPSA) is 75.6 Å². The van der Waals surface area contributed by atoms with E-state index < -0.39 is 6.10 Å². The fourth-order valence-corrected chi connectivity index (χ4v) is 3.51. The summed E-state index contributed by atoms with van der Waals surface area (Å²) in [5.41, 5.74) is 1.63. The lowest BCUT2D eigenvalue weighted by Crippen LogP contribution is -2.25. The Morgan fingerprint density at radius 3 is 2.54 bits per heavy atom. The van der Waals surface area contributed by atoms with Crippen molar-refractivity contribution >= 4 is 46.9 Å². The van der Waals surface area contributed by atoms with Crippen molar-refractivity contribution in [2.75, 3.05) is 6.61 Å². The normalized spacial score (nSPS) is 17.4. The molecule has 0 spiro atoms. The van der Waals surface area contributed by atoms with Crippen LogP contribution in [-0.2, 0) is 11.2 Å². The molecule has 2 amide bonds. The van der Waals surface area contributed by atoms with Gasteiger partial charge in [0, 0.05) is 5.02 Å². The van der Waals surface area contributed by atoms with E-state index in [0.717, 1.165) is 17.3 Å². The molecule has 1 unspecified atom stereocenters. The highest BCUT2D eigenvalue weighted by Gasteiger charge is 2.31. The molecule has 1 fully saturated rings. The molecule has 1 aliphatic heterocycles. The van der Waals surface area contributed by atoms with E-state index in [0.29, 0.717) is 22.8 Å². The highest BCUT2D eigenvalue weighted by molar-refractivity contribution is 8.15. The van der Waals surface area contributed by atoms with Crippen LogP contribution in [0.3, 0.4) is 0 Å². The van der Waals surface area contributed by atoms with Gasteiger partial charge >= 0.3 is 0 Å². The van der Waals surface area contributed by atoms with Gasteiger partial charge in [-0.05, 0) is 41.8 Å². The number of hydrogen-bond donors (Lipinski definition) is 2. The van der Waals surface area contributed by atoms with Crippen LogP contribution in [0.1, 0.15) is 17.2 Å². The number of nitrogens with one attached hydrogen (secondary N) is 1. The summed E-state index contributed by atoms with van der Waals surface area (Å²) in [7, 11) is 0. The Morgan fingerprint density at radius 1 is 1.19 bits per heavy atom. The molecule has 2 aromatic carbocycles. The Morgan fingerprint density at radius 2 is 1.92 bits per heavy atom. The van der Waals surface area contributed by atoms with E-state index in [1.165, 1.54) is 0 Å². The molecule has 2 N–H and O–H groups in total. The number of carbonyl (C=O) groups excluding carboxylic acids is 2. The monoisotopic (exact) mass is 413 g/mol. The molecule has 1 saturated heterocycles. The van der Waals surface area contributed by atoms with Gasteiger partial charge in [0.25, 0.3) is 5.24 Å². The Hall–Kier alpha value is -1.73. The number of thioether (sulfide) groups is 1. The standard InChI is InChI=1S/C18H16ClNO4S.ClH/c19-13-3-1-2-12(9-13)15(21)10-24-14-6-4-11(5-7-14)8-16-17(22)20-18(23)25-16;/h1-7,9,15-16,21H,8,10H2,(H,20,22,23);1H/t15-,16?;/m1./s1. The van der Waals surface area contributed by atoms with Crippen molar-refractivity contribution in [2.45, 2.75) is 17.8 Å². The molecule has 2 atom stereocenters. The quantitative estimate of drug-likeness (QED) is 0.753. The van der Waals surface area contributed by atoms with Crippen molar-refractivity contribution in [1.82, 2.24) is 5.32 Å². The molecule has 0 radical (unpaired) electrons. The lowest BCUT2D eigenvalue weighted by atomic mass is 10.1. The summed E-state index contributed by atoms with van der Waals surface area (Å²) < 4.78 is 5.59. The van der Waals surface area contributed by atoms with E-state index in [1.54, 1.807) is 36.4 Å². The molecule has 5 nitrogen and oxygen atoms in total. The van der Waals surface area contributed by atoms with Gasteiger partial charge in [-0.3, -0.25) is 14.9 Å². The molecule has 1 heterocycles. The molecule has 2 aromatic rings. The van der Waals surface area contributed by atoms with Crippen molar-refractivity contribution < 1.29 is 19.4 Å². The maximum Gasteiger partial charge on any atom is 0.286 e. The minimum atomic E-state index is -0.775. The van der Waals surface area contributed by atoms with Gasteiger partial charge in [0.1, 0.15) is 18.5 Å². The largest absolute Gasteiger partial charge is 0.491 e. The van der Waals surface area contributed by atoms with Crippen LogP contribution in [0.5, 0.6) is 5.75 Å². The fourth-order valence-electron chi connectivity index (χ4n) is 2.45. The van der Waals surface area contributed by atoms with Gasteiger partial charge in [-0.15, -0.1) is 12.4 Å². The van der Waals surface area contributed by atoms with E-state index in [4.69, 9.17) is 16.3 Å². The molecule has 0 bridgehead atoms. The number of rotatable bonds is 6. The molecule has 1 aliphatic rings. The number of halogens is 2. The van der Waals surface area contributed by atoms with E-state index >= 15 is 0 Å². The molecule has 0 aliphatic carbocycles. The molecule has 0 saturated carbocycles. The lowest BCUT2D eigenvalue weighted by molar-refractivity contribution is -0.118. The van der Waals surface area contributed by atoms with Crippen LogP contribution < -0.4 is 10.1 Å². The van der Waals surface area contributed by atoms with Crippen LogP contribution in [-0.4, -0.2) is 28.1 Å². The van der Waals surface area contributed by atoms with E-state index in [2.05, 4.69) is 5.32 Å². The van der Waals surface area contributed by atoms with Crippen molar-refractivity contribution in [3.63, 3.8) is 0 Å². The third kappa shape index (κ3) is 5.38. The van der Waals surface area contributed by atoms with Crippen molar-refractivity contribution in [3.05, 3.63) is 64.7 Å². The predicted octanol–water partition coefficient (Wildman–Crippen LogP) is 3.77. The molecule has 26 heavy (non-hydrogen) atoms. The summed E-state index contributed by atoms with van der Waals surface area (Å²) in [6.45, 7) is 0.106. The van der Waals surface area contributed by atoms with Gasteiger partial charge in [0.05, 0.1) is 5.25 Å². The number of carbonyl (C=O) groups is 2. The molecule has 8 heteroatoms. The lowest BCUT2D eigenvalue weighted by Gasteiger charge is -2.13. The summed E-state index contributed by atoms with van der Waals surface area (Å²) in [5, 5.41) is 12.3. The highest BCUT2D eigenvalue weighted by Crippen LogP contribution is 2.24. The minimum absolute atomic E-state index is 0. The Labute approximate surface area is 166 Å². The fraction of sp³-hybridized carbons (Fsp3) is 0.222. The molecule has 3 rings (SSSR count). The first-order chi connectivity index (χ1) is 12.0. The average Bonchev–Trinajstić information content (AvgIpc) is 2.91. The summed E-state index contributed by atoms with van der Waals surface area (Å²) >= 11 is 6.92. The maximum absolute atomic E-state index is 11.6. The number of benzene rings is 2. The van der Waals surface area contributed by atoms with Crippen molar-refractivity contribution in [2.24, 2.45) is 0 Å².